The van der Waals surface area contributed by atoms with Gasteiger partial charge in [-0.3, -0.25) is 9.59 Å². The molecule has 0 fully saturated rings. The molecule has 0 bridgehead atoms. The topological polar surface area (TPSA) is 85.2 Å². The van der Waals surface area contributed by atoms with Gasteiger partial charge in [-0.1, -0.05) is 29.8 Å². The Bertz CT molecular complexity index is 1050. The summed E-state index contributed by atoms with van der Waals surface area (Å²) in [4.78, 5) is 25.1. The van der Waals surface area contributed by atoms with Crippen LogP contribution >= 0.6 is 11.6 Å². The van der Waals surface area contributed by atoms with Gasteiger partial charge in [0, 0.05) is 22.3 Å². The van der Waals surface area contributed by atoms with Crippen molar-refractivity contribution in [1.82, 2.24) is 9.78 Å². The molecular weight excluding hydrogens is 380 g/mol. The van der Waals surface area contributed by atoms with E-state index in [1.165, 1.54) is 0 Å². The van der Waals surface area contributed by atoms with Crippen molar-refractivity contribution in [1.29, 1.82) is 0 Å². The summed E-state index contributed by atoms with van der Waals surface area (Å²) < 4.78 is 6.72. The molecule has 8 heteroatoms. The first-order chi connectivity index (χ1) is 13.5. The summed E-state index contributed by atoms with van der Waals surface area (Å²) in [5, 5.41) is 10.6. The van der Waals surface area contributed by atoms with E-state index < -0.39 is 6.04 Å². The highest BCUT2D eigenvalue weighted by Gasteiger charge is 2.33. The van der Waals surface area contributed by atoms with Crippen molar-refractivity contribution in [3.8, 4) is 16.9 Å². The normalized spacial score (nSPS) is 15.5. The Morgan fingerprint density at radius 1 is 1.29 bits per heavy atom. The molecule has 2 amide bonds. The second-order valence-corrected chi connectivity index (χ2v) is 6.78. The minimum absolute atomic E-state index is 0.00450. The molecule has 1 unspecified atom stereocenters. The molecule has 0 saturated heterocycles. The number of hydrogen-bond donors (Lipinski definition) is 2. The van der Waals surface area contributed by atoms with Gasteiger partial charge in [0.15, 0.2) is 0 Å². The maximum Gasteiger partial charge on any atom is 0.249 e. The van der Waals surface area contributed by atoms with E-state index in [2.05, 4.69) is 15.7 Å². The molecule has 142 valence electrons. The van der Waals surface area contributed by atoms with Gasteiger partial charge in [-0.2, -0.15) is 5.10 Å². The average Bonchev–Trinajstić information content (AvgIpc) is 3.11. The maximum absolute atomic E-state index is 12.9. The molecule has 1 aliphatic heterocycles. The van der Waals surface area contributed by atoms with Gasteiger partial charge >= 0.3 is 0 Å². The number of nitrogens with zero attached hydrogens (tertiary/aromatic N) is 2. The van der Waals surface area contributed by atoms with Gasteiger partial charge in [0.1, 0.15) is 17.6 Å². The molecular formula is C20H17ClN4O3. The maximum atomic E-state index is 12.9. The van der Waals surface area contributed by atoms with Gasteiger partial charge in [-0.15, -0.1) is 0 Å². The number of halogens is 1. The number of fused-ring (bicyclic) bond motifs is 1. The molecule has 1 aliphatic rings. The molecule has 1 aromatic heterocycles. The molecule has 2 aromatic carbocycles. The Morgan fingerprint density at radius 3 is 2.82 bits per heavy atom. The number of methoxy groups -OCH3 is 1. The first-order valence-corrected chi connectivity index (χ1v) is 9.01. The van der Waals surface area contributed by atoms with E-state index >= 15 is 0 Å². The fraction of sp³-hybridized carbons (Fsp3) is 0.150. The van der Waals surface area contributed by atoms with Crippen LogP contribution in [0.4, 0.5) is 11.5 Å². The van der Waals surface area contributed by atoms with E-state index in [0.717, 1.165) is 11.1 Å². The number of anilines is 2. The summed E-state index contributed by atoms with van der Waals surface area (Å²) in [6, 6.07) is 13.5. The lowest BCUT2D eigenvalue weighted by molar-refractivity contribution is -0.125. The fourth-order valence-electron chi connectivity index (χ4n) is 3.14. The number of rotatable bonds is 4. The second kappa shape index (κ2) is 7.36. The molecule has 28 heavy (non-hydrogen) atoms. The van der Waals surface area contributed by atoms with E-state index in [4.69, 9.17) is 16.3 Å². The van der Waals surface area contributed by atoms with Crippen LogP contribution in [0.3, 0.4) is 0 Å². The molecule has 4 rings (SSSR count). The third kappa shape index (κ3) is 3.44. The highest BCUT2D eigenvalue weighted by Crippen LogP contribution is 2.35. The number of amides is 2. The zero-order valence-corrected chi connectivity index (χ0v) is 15.7. The van der Waals surface area contributed by atoms with Gasteiger partial charge in [0.2, 0.25) is 11.8 Å². The summed E-state index contributed by atoms with van der Waals surface area (Å²) in [5.74, 6) is 0.553. The zero-order valence-electron chi connectivity index (χ0n) is 15.0. The van der Waals surface area contributed by atoms with Crippen LogP contribution in [-0.4, -0.2) is 28.7 Å². The number of aromatic nitrogens is 2. The quantitative estimate of drug-likeness (QED) is 0.703. The summed E-state index contributed by atoms with van der Waals surface area (Å²) >= 11 is 5.95. The first kappa shape index (κ1) is 18.1. The third-order valence-electron chi connectivity index (χ3n) is 4.52. The number of ether oxygens (including phenoxy) is 1. The second-order valence-electron chi connectivity index (χ2n) is 6.35. The lowest BCUT2D eigenvalue weighted by atomic mass is 10.1. The minimum Gasteiger partial charge on any atom is -0.497 e. The van der Waals surface area contributed by atoms with Crippen molar-refractivity contribution in [3.05, 3.63) is 59.8 Å². The summed E-state index contributed by atoms with van der Waals surface area (Å²) in [5.41, 5.74) is 2.16. The Kier molecular flexibility index (Phi) is 4.75. The van der Waals surface area contributed by atoms with Gasteiger partial charge in [0.05, 0.1) is 19.7 Å². The predicted molar refractivity (Wildman–Crippen MR) is 107 cm³/mol. The summed E-state index contributed by atoms with van der Waals surface area (Å²) in [6.45, 7) is 0. The Balaban J connectivity index is 1.64. The van der Waals surface area contributed by atoms with Crippen molar-refractivity contribution in [2.45, 2.75) is 12.5 Å². The molecule has 2 N–H and O–H groups in total. The van der Waals surface area contributed by atoms with E-state index in [-0.39, 0.29) is 18.2 Å². The fourth-order valence-corrected chi connectivity index (χ4v) is 3.27. The standard InChI is InChI=1S/C20H17ClN4O3/c1-28-15-4-2-3-14(9-15)23-20(27)17-10-18(26)24-19-16(11-22-25(17)19)12-5-7-13(21)8-6-12/h2-9,11,17H,10H2,1H3,(H,23,27)(H,24,26). The van der Waals surface area contributed by atoms with Crippen LogP contribution in [-0.2, 0) is 9.59 Å². The Labute approximate surface area is 166 Å². The van der Waals surface area contributed by atoms with Crippen molar-refractivity contribution < 1.29 is 14.3 Å². The first-order valence-electron chi connectivity index (χ1n) is 8.63. The van der Waals surface area contributed by atoms with Gasteiger partial charge in [0.25, 0.3) is 0 Å². The number of carbonyl (C=O) groups excluding carboxylic acids is 2. The van der Waals surface area contributed by atoms with Gasteiger partial charge in [-0.05, 0) is 29.8 Å². The molecule has 1 atom stereocenters. The Morgan fingerprint density at radius 2 is 2.07 bits per heavy atom. The molecule has 0 saturated carbocycles. The van der Waals surface area contributed by atoms with E-state index in [0.29, 0.717) is 22.3 Å². The predicted octanol–water partition coefficient (Wildman–Crippen LogP) is 3.73. The molecule has 2 heterocycles. The van der Waals surface area contributed by atoms with E-state index in [9.17, 15) is 9.59 Å². The lowest BCUT2D eigenvalue weighted by Crippen LogP contribution is -2.35. The molecule has 0 spiro atoms. The van der Waals surface area contributed by atoms with Crippen molar-refractivity contribution in [3.63, 3.8) is 0 Å². The summed E-state index contributed by atoms with van der Waals surface area (Å²) in [7, 11) is 1.56. The van der Waals surface area contributed by atoms with E-state index in [1.807, 2.05) is 12.1 Å². The van der Waals surface area contributed by atoms with Crippen LogP contribution < -0.4 is 15.4 Å². The van der Waals surface area contributed by atoms with Crippen LogP contribution in [0.2, 0.25) is 5.02 Å². The monoisotopic (exact) mass is 396 g/mol. The summed E-state index contributed by atoms with van der Waals surface area (Å²) in [6.07, 6.45) is 1.64. The highest BCUT2D eigenvalue weighted by molar-refractivity contribution is 6.30. The van der Waals surface area contributed by atoms with Crippen molar-refractivity contribution in [2.24, 2.45) is 0 Å². The number of hydrogen-bond acceptors (Lipinski definition) is 4. The van der Waals surface area contributed by atoms with Crippen LogP contribution in [0.1, 0.15) is 12.5 Å². The van der Waals surface area contributed by atoms with Crippen molar-refractivity contribution >= 4 is 34.9 Å². The number of benzene rings is 2. The van der Waals surface area contributed by atoms with Crippen LogP contribution in [0.15, 0.2) is 54.7 Å². The van der Waals surface area contributed by atoms with Crippen LogP contribution in [0.25, 0.3) is 11.1 Å². The molecule has 0 aliphatic carbocycles. The average molecular weight is 397 g/mol. The SMILES string of the molecule is COc1cccc(NC(=O)C2CC(=O)Nc3c(-c4ccc(Cl)cc4)cnn32)c1. The molecule has 0 radical (unpaired) electrons. The minimum atomic E-state index is -0.754. The molecule has 3 aromatic rings. The number of carbonyl (C=O) groups is 2. The van der Waals surface area contributed by atoms with Crippen LogP contribution in [0, 0.1) is 0 Å². The van der Waals surface area contributed by atoms with Crippen LogP contribution in [0.5, 0.6) is 5.75 Å². The third-order valence-corrected chi connectivity index (χ3v) is 4.77. The largest absolute Gasteiger partial charge is 0.497 e. The van der Waals surface area contributed by atoms with Gasteiger partial charge < -0.3 is 15.4 Å². The highest BCUT2D eigenvalue weighted by atomic mass is 35.5. The number of nitrogens with one attached hydrogen (secondary N) is 2. The van der Waals surface area contributed by atoms with Gasteiger partial charge in [-0.25, -0.2) is 4.68 Å². The van der Waals surface area contributed by atoms with Crippen molar-refractivity contribution in [2.75, 3.05) is 17.7 Å². The smallest absolute Gasteiger partial charge is 0.249 e. The lowest BCUT2D eigenvalue weighted by Gasteiger charge is -2.24. The molecule has 7 nitrogen and oxygen atoms in total. The Hall–Kier alpha value is -3.32. The van der Waals surface area contributed by atoms with E-state index in [1.54, 1.807) is 54.4 Å². The zero-order chi connectivity index (χ0) is 19.7.